The smallest absolute Gasteiger partial charge is 0.335 e. The third-order valence-corrected chi connectivity index (χ3v) is 8.27. The average molecular weight is 610 g/mol. The molecular formula is C31H48ClN3O5S. The van der Waals surface area contributed by atoms with Gasteiger partial charge in [-0.05, 0) is 48.9 Å². The van der Waals surface area contributed by atoms with Gasteiger partial charge in [0.25, 0.3) is 15.9 Å². The Kier molecular flexibility index (Phi) is 19.0. The van der Waals surface area contributed by atoms with Gasteiger partial charge in [-0.1, -0.05) is 108 Å². The van der Waals surface area contributed by atoms with Gasteiger partial charge in [0.1, 0.15) is 0 Å². The molecule has 0 heterocycles. The van der Waals surface area contributed by atoms with Crippen molar-refractivity contribution >= 4 is 33.5 Å². The van der Waals surface area contributed by atoms with Gasteiger partial charge in [-0.3, -0.25) is 10.6 Å². The van der Waals surface area contributed by atoms with E-state index in [1.54, 1.807) is 29.1 Å². The molecule has 0 spiro atoms. The van der Waals surface area contributed by atoms with E-state index in [-0.39, 0.29) is 16.4 Å². The first-order valence-corrected chi connectivity index (χ1v) is 16.5. The quantitative estimate of drug-likeness (QED) is 0.0862. The summed E-state index contributed by atoms with van der Waals surface area (Å²) in [5, 5.41) is 9.27. The molecule has 1 amide bonds. The zero-order valence-corrected chi connectivity index (χ0v) is 26.2. The number of benzene rings is 2. The highest BCUT2D eigenvalue weighted by molar-refractivity contribution is 7.89. The summed E-state index contributed by atoms with van der Waals surface area (Å²) in [6, 6.07) is 12.0. The number of carboxylic acid groups (broad SMARTS) is 1. The molecule has 8 nitrogen and oxygen atoms in total. The minimum absolute atomic E-state index is 0.0846. The Morgan fingerprint density at radius 3 is 1.76 bits per heavy atom. The zero-order valence-electron chi connectivity index (χ0n) is 24.6. The number of aromatic carboxylic acids is 1. The predicted molar refractivity (Wildman–Crippen MR) is 167 cm³/mol. The van der Waals surface area contributed by atoms with Crippen LogP contribution in [0.15, 0.2) is 53.4 Å². The highest BCUT2D eigenvalue weighted by Crippen LogP contribution is 2.14. The van der Waals surface area contributed by atoms with E-state index >= 15 is 0 Å². The van der Waals surface area contributed by atoms with Gasteiger partial charge in [0.05, 0.1) is 10.5 Å². The molecule has 0 radical (unpaired) electrons. The number of rotatable bonds is 19. The molecule has 0 bridgehead atoms. The lowest BCUT2D eigenvalue weighted by Crippen LogP contribution is -2.30. The first kappa shape index (κ1) is 36.6. The van der Waals surface area contributed by atoms with Crippen molar-refractivity contribution in [2.24, 2.45) is 5.84 Å². The molecule has 4 N–H and O–H groups in total. The Morgan fingerprint density at radius 2 is 1.29 bits per heavy atom. The van der Waals surface area contributed by atoms with Crippen LogP contribution in [0, 0.1) is 0 Å². The number of hydrogen-bond donors (Lipinski definition) is 3. The van der Waals surface area contributed by atoms with Crippen molar-refractivity contribution in [1.82, 2.24) is 9.73 Å². The normalized spacial score (nSPS) is 11.0. The number of hydrogen-bond acceptors (Lipinski definition) is 5. The SMILES string of the molecule is CCCCCCCCCCCCCCCCN(C)C(=O)c1ccc(Cl)cc1.NNS(=O)(=O)c1cccc(C(=O)O)c1. The van der Waals surface area contributed by atoms with Gasteiger partial charge in [0.15, 0.2) is 0 Å². The minimum Gasteiger partial charge on any atom is -0.478 e. The number of carboxylic acids is 1. The summed E-state index contributed by atoms with van der Waals surface area (Å²) in [6.07, 6.45) is 19.0. The number of nitrogens with zero attached hydrogens (tertiary/aromatic N) is 1. The molecule has 0 aliphatic rings. The van der Waals surface area contributed by atoms with E-state index in [1.165, 1.54) is 102 Å². The van der Waals surface area contributed by atoms with Crippen LogP contribution in [0.4, 0.5) is 0 Å². The fraction of sp³-hybridized carbons (Fsp3) is 0.548. The van der Waals surface area contributed by atoms with Crippen LogP contribution in [-0.2, 0) is 10.0 Å². The highest BCUT2D eigenvalue weighted by Gasteiger charge is 2.14. The number of hydrazine groups is 1. The van der Waals surface area contributed by atoms with Crippen molar-refractivity contribution in [1.29, 1.82) is 0 Å². The summed E-state index contributed by atoms with van der Waals surface area (Å²) in [4.78, 5) is 26.1. The summed E-state index contributed by atoms with van der Waals surface area (Å²) in [7, 11) is -1.90. The number of amides is 1. The molecule has 0 saturated heterocycles. The van der Waals surface area contributed by atoms with Crippen molar-refractivity contribution in [3.63, 3.8) is 0 Å². The second kappa shape index (κ2) is 21.3. The summed E-state index contributed by atoms with van der Waals surface area (Å²) in [6.45, 7) is 3.11. The van der Waals surface area contributed by atoms with Crippen molar-refractivity contribution in [2.45, 2.75) is 102 Å². The summed E-state index contributed by atoms with van der Waals surface area (Å²) in [5.41, 5.74) is 0.605. The van der Waals surface area contributed by atoms with E-state index in [2.05, 4.69) is 6.92 Å². The molecule has 0 atom stereocenters. The molecule has 0 aromatic heterocycles. The number of carbonyl (C=O) groups excluding carboxylic acids is 1. The van der Waals surface area contributed by atoms with Crippen molar-refractivity contribution in [3.05, 3.63) is 64.7 Å². The Balaban J connectivity index is 0.000000502. The van der Waals surface area contributed by atoms with E-state index in [0.29, 0.717) is 10.6 Å². The van der Waals surface area contributed by atoms with Crippen LogP contribution in [-0.4, -0.2) is 43.9 Å². The van der Waals surface area contributed by atoms with E-state index < -0.39 is 16.0 Å². The second-order valence-electron chi connectivity index (χ2n) is 10.3. The van der Waals surface area contributed by atoms with Crippen LogP contribution in [0.5, 0.6) is 0 Å². The fourth-order valence-electron chi connectivity index (χ4n) is 4.32. The monoisotopic (exact) mass is 609 g/mol. The second-order valence-corrected chi connectivity index (χ2v) is 12.4. The van der Waals surface area contributed by atoms with Gasteiger partial charge in [-0.15, -0.1) is 0 Å². The Labute approximate surface area is 251 Å². The molecule has 230 valence electrons. The Bertz CT molecular complexity index is 1130. The van der Waals surface area contributed by atoms with Crippen LogP contribution in [0.3, 0.4) is 0 Å². The maximum atomic E-state index is 12.3. The van der Waals surface area contributed by atoms with Gasteiger partial charge in [0, 0.05) is 24.2 Å². The standard InChI is InChI=1S/C24H40ClNO.C7H8N2O4S/c1-3-4-5-6-7-8-9-10-11-12-13-14-15-16-21-26(2)24(27)22-17-19-23(25)20-18-22;8-9-14(12,13)6-3-1-2-5(4-6)7(10)11/h17-20H,3-16,21H2,1-2H3;1-4,9H,8H2,(H,10,11). The molecule has 0 unspecified atom stereocenters. The van der Waals surface area contributed by atoms with Gasteiger partial charge >= 0.3 is 5.97 Å². The number of nitrogens with two attached hydrogens (primary N) is 1. The predicted octanol–water partition coefficient (Wildman–Crippen LogP) is 7.43. The van der Waals surface area contributed by atoms with Crippen LogP contribution in [0.1, 0.15) is 118 Å². The average Bonchev–Trinajstić information content (AvgIpc) is 2.97. The van der Waals surface area contributed by atoms with Crippen molar-refractivity contribution in [3.8, 4) is 0 Å². The van der Waals surface area contributed by atoms with Crippen LogP contribution in [0.2, 0.25) is 5.02 Å². The van der Waals surface area contributed by atoms with Gasteiger partial charge in [0.2, 0.25) is 0 Å². The highest BCUT2D eigenvalue weighted by atomic mass is 35.5. The van der Waals surface area contributed by atoms with Gasteiger partial charge in [-0.2, -0.15) is 4.83 Å². The van der Waals surface area contributed by atoms with Crippen molar-refractivity contribution in [2.75, 3.05) is 13.6 Å². The Hall–Kier alpha value is -2.46. The zero-order chi connectivity index (χ0) is 30.5. The number of sulfonamides is 1. The topological polar surface area (TPSA) is 130 Å². The molecule has 10 heteroatoms. The number of carbonyl (C=O) groups is 2. The lowest BCUT2D eigenvalue weighted by atomic mass is 10.0. The van der Waals surface area contributed by atoms with E-state index in [4.69, 9.17) is 22.6 Å². The number of unbranched alkanes of at least 4 members (excludes halogenated alkanes) is 13. The maximum absolute atomic E-state index is 12.3. The lowest BCUT2D eigenvalue weighted by Gasteiger charge is -2.17. The third kappa shape index (κ3) is 15.9. The number of halogens is 1. The third-order valence-electron chi connectivity index (χ3n) is 6.83. The maximum Gasteiger partial charge on any atom is 0.335 e. The molecule has 2 aromatic rings. The van der Waals surface area contributed by atoms with E-state index in [9.17, 15) is 18.0 Å². The minimum atomic E-state index is -3.79. The van der Waals surface area contributed by atoms with Crippen LogP contribution < -0.4 is 10.7 Å². The first-order valence-electron chi connectivity index (χ1n) is 14.7. The first-order chi connectivity index (χ1) is 19.6. The molecule has 0 saturated carbocycles. The van der Waals surface area contributed by atoms with E-state index in [1.807, 2.05) is 11.9 Å². The summed E-state index contributed by atoms with van der Waals surface area (Å²) >= 11 is 5.87. The van der Waals surface area contributed by atoms with Gasteiger partial charge < -0.3 is 10.0 Å². The van der Waals surface area contributed by atoms with Crippen LogP contribution in [0.25, 0.3) is 0 Å². The number of nitrogens with one attached hydrogen (secondary N) is 1. The van der Waals surface area contributed by atoms with Crippen molar-refractivity contribution < 1.29 is 23.1 Å². The lowest BCUT2D eigenvalue weighted by molar-refractivity contribution is 0.0695. The fourth-order valence-corrected chi connectivity index (χ4v) is 5.12. The molecule has 2 aromatic carbocycles. The van der Waals surface area contributed by atoms with Gasteiger partial charge in [-0.25, -0.2) is 13.2 Å². The van der Waals surface area contributed by atoms with Crippen LogP contribution >= 0.6 is 11.6 Å². The molecule has 0 fully saturated rings. The molecule has 0 aliphatic carbocycles. The summed E-state index contributed by atoms with van der Waals surface area (Å²) < 4.78 is 22.3. The molecular weight excluding hydrogens is 562 g/mol. The summed E-state index contributed by atoms with van der Waals surface area (Å²) in [5.74, 6) is 3.67. The molecule has 2 rings (SSSR count). The van der Waals surface area contributed by atoms with E-state index in [0.717, 1.165) is 19.0 Å². The molecule has 41 heavy (non-hydrogen) atoms. The largest absolute Gasteiger partial charge is 0.478 e. The Morgan fingerprint density at radius 1 is 0.805 bits per heavy atom. The molecule has 0 aliphatic heterocycles.